The highest BCUT2D eigenvalue weighted by molar-refractivity contribution is 6.00. The number of morpholine rings is 1. The van der Waals surface area contributed by atoms with Gasteiger partial charge in [0.25, 0.3) is 0 Å². The lowest BCUT2D eigenvalue weighted by Gasteiger charge is -2.32. The predicted molar refractivity (Wildman–Crippen MR) is 134 cm³/mol. The van der Waals surface area contributed by atoms with Crippen molar-refractivity contribution in [3.05, 3.63) is 42.2 Å². The van der Waals surface area contributed by atoms with Crippen molar-refractivity contribution in [2.45, 2.75) is 45.1 Å². The van der Waals surface area contributed by atoms with E-state index in [2.05, 4.69) is 40.0 Å². The Hall–Kier alpha value is -2.64. The van der Waals surface area contributed by atoms with Gasteiger partial charge in [-0.2, -0.15) is 0 Å². The number of hydrogen-bond acceptors (Lipinski definition) is 6. The second-order valence-electron chi connectivity index (χ2n) is 8.88. The molecule has 3 aliphatic rings. The monoisotopic (exact) mass is 452 g/mol. The molecule has 1 aromatic carbocycles. The fourth-order valence-electron chi connectivity index (χ4n) is 4.98. The molecule has 2 unspecified atom stereocenters. The highest BCUT2D eigenvalue weighted by Gasteiger charge is 2.32. The topological polar surface area (TPSA) is 66.4 Å². The van der Waals surface area contributed by atoms with Crippen LogP contribution in [0.2, 0.25) is 0 Å². The van der Waals surface area contributed by atoms with E-state index < -0.39 is 0 Å². The lowest BCUT2D eigenvalue weighted by Crippen LogP contribution is -2.38. The third-order valence-electron chi connectivity index (χ3n) is 6.90. The summed E-state index contributed by atoms with van der Waals surface area (Å²) < 4.78 is 11.1. The number of aliphatic imine (C=N–C) groups is 1. The first kappa shape index (κ1) is 23.5. The third kappa shape index (κ3) is 5.31. The summed E-state index contributed by atoms with van der Waals surface area (Å²) in [6, 6.07) is 6.31. The van der Waals surface area contributed by atoms with Crippen molar-refractivity contribution in [3.63, 3.8) is 0 Å². The molecule has 4 rings (SSSR count). The van der Waals surface area contributed by atoms with E-state index in [-0.39, 0.29) is 17.9 Å². The maximum Gasteiger partial charge on any atom is 0.230 e. The van der Waals surface area contributed by atoms with E-state index in [1.165, 1.54) is 0 Å². The molecule has 0 spiro atoms. The first-order valence-corrected chi connectivity index (χ1v) is 12.1. The zero-order valence-electron chi connectivity index (χ0n) is 19.9. The smallest absolute Gasteiger partial charge is 0.230 e. The van der Waals surface area contributed by atoms with Crippen LogP contribution in [0.25, 0.3) is 0 Å². The van der Waals surface area contributed by atoms with E-state index in [1.807, 2.05) is 11.8 Å². The van der Waals surface area contributed by atoms with Gasteiger partial charge in [-0.25, -0.2) is 4.99 Å². The standard InChI is InChI=1S/C26H36N4O3/c1-4-19-18-30(26(31)20-7-6-8-22(32-3)11-9-20)24-17-21(29-13-15-33-16-14-29)10-12-23(24)28-25(19)27-5-2/h4-5,10,12,17,20,22,28H,1,6-9,11,13-16,18H2,2-3H3. The molecule has 1 saturated heterocycles. The third-order valence-corrected chi connectivity index (χ3v) is 6.90. The molecule has 2 atom stereocenters. The summed E-state index contributed by atoms with van der Waals surface area (Å²) >= 11 is 0. The van der Waals surface area contributed by atoms with Crippen LogP contribution < -0.4 is 15.1 Å². The molecule has 0 radical (unpaired) electrons. The van der Waals surface area contributed by atoms with Crippen molar-refractivity contribution in [2.75, 3.05) is 55.1 Å². The molecule has 0 aromatic heterocycles. The molecule has 2 aliphatic heterocycles. The van der Waals surface area contributed by atoms with Crippen molar-refractivity contribution in [1.82, 2.24) is 0 Å². The van der Waals surface area contributed by atoms with Gasteiger partial charge in [-0.3, -0.25) is 4.79 Å². The van der Waals surface area contributed by atoms with Crippen LogP contribution in [0.3, 0.4) is 0 Å². The molecule has 33 heavy (non-hydrogen) atoms. The number of ether oxygens (including phenoxy) is 2. The van der Waals surface area contributed by atoms with Crippen molar-refractivity contribution in [1.29, 1.82) is 0 Å². The second-order valence-corrected chi connectivity index (χ2v) is 8.88. The molecular weight excluding hydrogens is 416 g/mol. The van der Waals surface area contributed by atoms with E-state index in [4.69, 9.17) is 9.47 Å². The fourth-order valence-corrected chi connectivity index (χ4v) is 4.98. The van der Waals surface area contributed by atoms with E-state index in [9.17, 15) is 4.79 Å². The Morgan fingerprint density at radius 1 is 1.24 bits per heavy atom. The van der Waals surface area contributed by atoms with Crippen LogP contribution in [0.4, 0.5) is 17.1 Å². The van der Waals surface area contributed by atoms with Crippen molar-refractivity contribution in [3.8, 4) is 0 Å². The van der Waals surface area contributed by atoms with Gasteiger partial charge in [0.05, 0.1) is 37.2 Å². The summed E-state index contributed by atoms with van der Waals surface area (Å²) in [6.07, 6.45) is 8.53. The average molecular weight is 453 g/mol. The Morgan fingerprint density at radius 2 is 2.06 bits per heavy atom. The summed E-state index contributed by atoms with van der Waals surface area (Å²) in [5, 5.41) is 3.46. The number of fused-ring (bicyclic) bond motifs is 1. The highest BCUT2D eigenvalue weighted by Crippen LogP contribution is 2.38. The SMILES string of the molecule is C=CC1=C(N=CC)Nc2ccc(N3CCOCC3)cc2N(C(=O)C2CCCC(OC)CC2)C1. The number of amides is 1. The summed E-state index contributed by atoms with van der Waals surface area (Å²) in [7, 11) is 1.77. The van der Waals surface area contributed by atoms with Gasteiger partial charge >= 0.3 is 0 Å². The lowest BCUT2D eigenvalue weighted by molar-refractivity contribution is -0.122. The number of nitrogens with zero attached hydrogens (tertiary/aromatic N) is 3. The van der Waals surface area contributed by atoms with Crippen LogP contribution in [-0.4, -0.2) is 58.2 Å². The molecule has 7 heteroatoms. The Morgan fingerprint density at radius 3 is 2.79 bits per heavy atom. The molecule has 2 fully saturated rings. The number of benzene rings is 1. The molecule has 178 valence electrons. The van der Waals surface area contributed by atoms with Gasteiger partial charge in [0.15, 0.2) is 0 Å². The van der Waals surface area contributed by atoms with Crippen LogP contribution in [-0.2, 0) is 14.3 Å². The minimum Gasteiger partial charge on any atom is -0.381 e. The largest absolute Gasteiger partial charge is 0.381 e. The number of carbonyl (C=O) groups is 1. The molecule has 1 aromatic rings. The van der Waals surface area contributed by atoms with E-state index in [0.29, 0.717) is 6.54 Å². The van der Waals surface area contributed by atoms with E-state index in [1.54, 1.807) is 19.4 Å². The Bertz CT molecular complexity index is 920. The van der Waals surface area contributed by atoms with Crippen LogP contribution >= 0.6 is 0 Å². The van der Waals surface area contributed by atoms with Gasteiger partial charge in [0, 0.05) is 43.6 Å². The zero-order chi connectivity index (χ0) is 23.2. The Balaban J connectivity index is 1.70. The fraction of sp³-hybridized carbons (Fsp3) is 0.538. The highest BCUT2D eigenvalue weighted by atomic mass is 16.5. The number of methoxy groups -OCH3 is 1. The van der Waals surface area contributed by atoms with Crippen molar-refractivity contribution < 1.29 is 14.3 Å². The molecule has 7 nitrogen and oxygen atoms in total. The quantitative estimate of drug-likeness (QED) is 0.531. The number of anilines is 3. The van der Waals surface area contributed by atoms with Crippen LogP contribution in [0.1, 0.15) is 39.0 Å². The Labute approximate surface area is 197 Å². The lowest BCUT2D eigenvalue weighted by atomic mass is 9.97. The first-order valence-electron chi connectivity index (χ1n) is 12.1. The number of nitrogens with one attached hydrogen (secondary N) is 1. The van der Waals surface area contributed by atoms with Crippen molar-refractivity contribution in [2.24, 2.45) is 10.9 Å². The zero-order valence-corrected chi connectivity index (χ0v) is 19.9. The minimum atomic E-state index is -0.00710. The van der Waals surface area contributed by atoms with Crippen LogP contribution in [0, 0.1) is 5.92 Å². The maximum atomic E-state index is 14.0. The molecule has 0 bridgehead atoms. The van der Waals surface area contributed by atoms with E-state index in [0.717, 1.165) is 86.9 Å². The van der Waals surface area contributed by atoms with Gasteiger partial charge in [-0.15, -0.1) is 0 Å². The number of carbonyl (C=O) groups excluding carboxylic acids is 1. The molecule has 2 heterocycles. The van der Waals surface area contributed by atoms with Gasteiger partial charge in [0.1, 0.15) is 5.82 Å². The normalized spacial score (nSPS) is 24.2. The molecule has 1 amide bonds. The van der Waals surface area contributed by atoms with Gasteiger partial charge in [-0.1, -0.05) is 19.1 Å². The number of hydrogen-bond donors (Lipinski definition) is 1. The van der Waals surface area contributed by atoms with Gasteiger partial charge in [0.2, 0.25) is 5.91 Å². The molecule has 1 aliphatic carbocycles. The maximum absolute atomic E-state index is 14.0. The average Bonchev–Trinajstić information content (AvgIpc) is 3.19. The first-order chi connectivity index (χ1) is 16.1. The van der Waals surface area contributed by atoms with E-state index >= 15 is 0 Å². The molecular formula is C26H36N4O3. The summed E-state index contributed by atoms with van der Waals surface area (Å²) in [6.45, 7) is 9.49. The molecule has 1 N–H and O–H groups in total. The predicted octanol–water partition coefficient (Wildman–Crippen LogP) is 4.37. The van der Waals surface area contributed by atoms with Gasteiger partial charge < -0.3 is 24.6 Å². The Kier molecular flexibility index (Phi) is 7.83. The number of rotatable bonds is 5. The van der Waals surface area contributed by atoms with Crippen LogP contribution in [0.5, 0.6) is 0 Å². The summed E-state index contributed by atoms with van der Waals surface area (Å²) in [5.41, 5.74) is 3.81. The second kappa shape index (κ2) is 11.0. The summed E-state index contributed by atoms with van der Waals surface area (Å²) in [4.78, 5) is 22.8. The van der Waals surface area contributed by atoms with Crippen molar-refractivity contribution >= 4 is 29.2 Å². The summed E-state index contributed by atoms with van der Waals surface area (Å²) in [5.74, 6) is 0.908. The molecule has 1 saturated carbocycles. The van der Waals surface area contributed by atoms with Crippen LogP contribution in [0.15, 0.2) is 47.2 Å². The minimum absolute atomic E-state index is 0.00710. The van der Waals surface area contributed by atoms with Gasteiger partial charge in [-0.05, 0) is 50.8 Å².